The van der Waals surface area contributed by atoms with Crippen LogP contribution in [0.4, 0.5) is 5.95 Å². The lowest BCUT2D eigenvalue weighted by atomic mass is 9.95. The van der Waals surface area contributed by atoms with Gasteiger partial charge < -0.3 is 19.5 Å². The summed E-state index contributed by atoms with van der Waals surface area (Å²) in [5.41, 5.74) is 2.76. The number of aromatic nitrogens is 4. The molecule has 0 spiro atoms. The van der Waals surface area contributed by atoms with Gasteiger partial charge in [-0.2, -0.15) is 4.98 Å². The molecule has 0 saturated heterocycles. The number of benzene rings is 1. The molecule has 5 rings (SSSR count). The van der Waals surface area contributed by atoms with Gasteiger partial charge in [-0.25, -0.2) is 9.48 Å². The van der Waals surface area contributed by atoms with Gasteiger partial charge in [-0.3, -0.25) is 4.98 Å². The van der Waals surface area contributed by atoms with Crippen molar-refractivity contribution >= 4 is 11.9 Å². The first-order chi connectivity index (χ1) is 16.2. The van der Waals surface area contributed by atoms with E-state index in [1.54, 1.807) is 17.1 Å². The molecule has 1 aromatic carbocycles. The number of carbonyl (C=O) groups is 1. The molecule has 33 heavy (non-hydrogen) atoms. The largest absolute Gasteiger partial charge is 0.490 e. The quantitative estimate of drug-likeness (QED) is 0.591. The van der Waals surface area contributed by atoms with Crippen molar-refractivity contribution < 1.29 is 19.0 Å². The molecule has 2 aliphatic rings. The van der Waals surface area contributed by atoms with E-state index in [4.69, 9.17) is 19.3 Å². The molecule has 2 aliphatic heterocycles. The van der Waals surface area contributed by atoms with Crippen molar-refractivity contribution in [1.29, 1.82) is 0 Å². The summed E-state index contributed by atoms with van der Waals surface area (Å²) in [6.07, 6.45) is 4.96. The van der Waals surface area contributed by atoms with Crippen LogP contribution in [-0.2, 0) is 9.53 Å². The van der Waals surface area contributed by atoms with Crippen LogP contribution in [0.2, 0.25) is 0 Å². The number of hydrogen-bond acceptors (Lipinski definition) is 8. The van der Waals surface area contributed by atoms with Gasteiger partial charge in [0.25, 0.3) is 0 Å². The first-order valence-electron chi connectivity index (χ1n) is 11.1. The average molecular weight is 447 g/mol. The molecule has 0 aliphatic carbocycles. The second kappa shape index (κ2) is 8.93. The highest BCUT2D eigenvalue weighted by Crippen LogP contribution is 2.40. The number of pyridine rings is 1. The topological polar surface area (TPSA) is 100 Å². The maximum Gasteiger partial charge on any atom is 0.338 e. The average Bonchev–Trinajstić information content (AvgIpc) is 3.11. The number of fused-ring (bicyclic) bond motifs is 2. The molecule has 0 fully saturated rings. The van der Waals surface area contributed by atoms with Gasteiger partial charge in [0, 0.05) is 30.1 Å². The van der Waals surface area contributed by atoms with E-state index >= 15 is 0 Å². The normalized spacial score (nSPS) is 17.1. The summed E-state index contributed by atoms with van der Waals surface area (Å²) in [5.74, 6) is 2.01. The molecule has 1 unspecified atom stereocenters. The fraction of sp³-hybridized carbons (Fsp3) is 0.333. The minimum atomic E-state index is -0.541. The van der Waals surface area contributed by atoms with Gasteiger partial charge in [-0.05, 0) is 43.2 Å². The van der Waals surface area contributed by atoms with Gasteiger partial charge >= 0.3 is 5.97 Å². The van der Waals surface area contributed by atoms with E-state index in [2.05, 4.69) is 15.3 Å². The number of ether oxygens (including phenoxy) is 3. The van der Waals surface area contributed by atoms with Gasteiger partial charge in [0.1, 0.15) is 6.04 Å². The summed E-state index contributed by atoms with van der Waals surface area (Å²) in [6.45, 7) is 5.33. The predicted molar refractivity (Wildman–Crippen MR) is 121 cm³/mol. The Morgan fingerprint density at radius 3 is 2.88 bits per heavy atom. The zero-order chi connectivity index (χ0) is 22.8. The third kappa shape index (κ3) is 4.02. The van der Waals surface area contributed by atoms with Crippen LogP contribution in [0, 0.1) is 0 Å². The maximum absolute atomic E-state index is 13.1. The van der Waals surface area contributed by atoms with Crippen LogP contribution in [-0.4, -0.2) is 45.5 Å². The number of nitrogens with zero attached hydrogens (tertiary/aromatic N) is 4. The Labute approximate surface area is 191 Å². The second-order valence-corrected chi connectivity index (χ2v) is 7.90. The molecule has 1 N–H and O–H groups in total. The van der Waals surface area contributed by atoms with Crippen LogP contribution in [0.5, 0.6) is 11.5 Å². The minimum Gasteiger partial charge on any atom is -0.490 e. The number of nitrogens with one attached hydrogen (secondary N) is 1. The lowest BCUT2D eigenvalue weighted by molar-refractivity contribution is -0.139. The van der Waals surface area contributed by atoms with E-state index in [0.717, 1.165) is 24.0 Å². The van der Waals surface area contributed by atoms with Crippen molar-refractivity contribution in [3.8, 4) is 22.9 Å². The summed E-state index contributed by atoms with van der Waals surface area (Å²) < 4.78 is 18.9. The number of allylic oxidation sites excluding steroid dienone is 1. The van der Waals surface area contributed by atoms with E-state index in [1.807, 2.05) is 44.2 Å². The number of rotatable bonds is 5. The van der Waals surface area contributed by atoms with Crippen LogP contribution >= 0.6 is 0 Å². The highest BCUT2D eigenvalue weighted by atomic mass is 16.5. The maximum atomic E-state index is 13.1. The molecule has 9 nitrogen and oxygen atoms in total. The molecular formula is C24H25N5O4. The molecule has 0 amide bonds. The van der Waals surface area contributed by atoms with Gasteiger partial charge in [-0.1, -0.05) is 13.0 Å². The molecule has 1 atom stereocenters. The van der Waals surface area contributed by atoms with E-state index in [9.17, 15) is 4.79 Å². The van der Waals surface area contributed by atoms with Crippen LogP contribution in [0.3, 0.4) is 0 Å². The number of hydrogen-bond donors (Lipinski definition) is 1. The SMILES string of the molecule is CCCOC(=O)C1=C(C)Nc2nc(-c3cccnc3)nn2C1c1ccc2c(c1)OCCCO2. The van der Waals surface area contributed by atoms with Crippen LogP contribution in [0.1, 0.15) is 38.3 Å². The minimum absolute atomic E-state index is 0.342. The Morgan fingerprint density at radius 1 is 1.24 bits per heavy atom. The Balaban J connectivity index is 1.62. The van der Waals surface area contributed by atoms with E-state index < -0.39 is 6.04 Å². The van der Waals surface area contributed by atoms with Crippen molar-refractivity contribution in [2.75, 3.05) is 25.1 Å². The van der Waals surface area contributed by atoms with Crippen molar-refractivity contribution in [2.45, 2.75) is 32.7 Å². The summed E-state index contributed by atoms with van der Waals surface area (Å²) in [4.78, 5) is 22.0. The van der Waals surface area contributed by atoms with E-state index in [-0.39, 0.29) is 5.97 Å². The Morgan fingerprint density at radius 2 is 2.09 bits per heavy atom. The Hall–Kier alpha value is -3.88. The fourth-order valence-electron chi connectivity index (χ4n) is 3.96. The first-order valence-corrected chi connectivity index (χ1v) is 11.1. The molecule has 3 aromatic rings. The molecular weight excluding hydrogens is 422 g/mol. The molecule has 0 radical (unpaired) electrons. The van der Waals surface area contributed by atoms with E-state index in [1.165, 1.54) is 0 Å². The monoisotopic (exact) mass is 447 g/mol. The number of carbonyl (C=O) groups excluding carboxylic acids is 1. The fourth-order valence-corrected chi connectivity index (χ4v) is 3.96. The summed E-state index contributed by atoms with van der Waals surface area (Å²) in [6, 6.07) is 8.90. The molecule has 0 saturated carbocycles. The van der Waals surface area contributed by atoms with Gasteiger partial charge in [0.2, 0.25) is 5.95 Å². The summed E-state index contributed by atoms with van der Waals surface area (Å²) in [7, 11) is 0. The van der Waals surface area contributed by atoms with Gasteiger partial charge in [0.15, 0.2) is 17.3 Å². The van der Waals surface area contributed by atoms with Crippen molar-refractivity contribution in [3.63, 3.8) is 0 Å². The lowest BCUT2D eigenvalue weighted by Crippen LogP contribution is -2.29. The third-order valence-corrected chi connectivity index (χ3v) is 5.52. The highest BCUT2D eigenvalue weighted by Gasteiger charge is 2.36. The van der Waals surface area contributed by atoms with Crippen molar-refractivity contribution in [3.05, 3.63) is 59.6 Å². The molecule has 9 heteroatoms. The Kier molecular flexibility index (Phi) is 5.68. The zero-order valence-corrected chi connectivity index (χ0v) is 18.6. The van der Waals surface area contributed by atoms with Crippen molar-refractivity contribution in [2.24, 2.45) is 0 Å². The third-order valence-electron chi connectivity index (χ3n) is 5.52. The van der Waals surface area contributed by atoms with Gasteiger partial charge in [0.05, 0.1) is 25.4 Å². The second-order valence-electron chi connectivity index (χ2n) is 7.90. The standard InChI is InChI=1S/C24H25N5O4/c1-3-10-33-23(30)20-15(2)26-24-27-22(17-6-4-9-25-14-17)28-29(24)21(20)16-7-8-18-19(13-16)32-12-5-11-31-18/h4,6-9,13-14,21H,3,5,10-12H2,1-2H3,(H,26,27,28). The lowest BCUT2D eigenvalue weighted by Gasteiger charge is -2.28. The highest BCUT2D eigenvalue weighted by molar-refractivity contribution is 5.92. The predicted octanol–water partition coefficient (Wildman–Crippen LogP) is 3.74. The first kappa shape index (κ1) is 21.0. The van der Waals surface area contributed by atoms with Crippen molar-refractivity contribution in [1.82, 2.24) is 19.7 Å². The molecule has 4 heterocycles. The molecule has 2 aromatic heterocycles. The Bertz CT molecular complexity index is 1200. The summed E-state index contributed by atoms with van der Waals surface area (Å²) >= 11 is 0. The number of esters is 1. The zero-order valence-electron chi connectivity index (χ0n) is 18.6. The summed E-state index contributed by atoms with van der Waals surface area (Å²) in [5, 5.41) is 7.97. The van der Waals surface area contributed by atoms with Gasteiger partial charge in [-0.15, -0.1) is 5.10 Å². The van der Waals surface area contributed by atoms with Crippen LogP contribution in [0.15, 0.2) is 54.0 Å². The van der Waals surface area contributed by atoms with Crippen LogP contribution in [0.25, 0.3) is 11.4 Å². The number of anilines is 1. The van der Waals surface area contributed by atoms with Crippen LogP contribution < -0.4 is 14.8 Å². The van der Waals surface area contributed by atoms with E-state index in [0.29, 0.717) is 54.4 Å². The smallest absolute Gasteiger partial charge is 0.338 e. The molecule has 170 valence electrons. The molecule has 0 bridgehead atoms.